The first-order valence-corrected chi connectivity index (χ1v) is 8.28. The van der Waals surface area contributed by atoms with Gasteiger partial charge in [-0.3, -0.25) is 0 Å². The second-order valence-electron chi connectivity index (χ2n) is 5.22. The van der Waals surface area contributed by atoms with Gasteiger partial charge < -0.3 is 10.1 Å². The SMILES string of the molecule is CCC(C)c1ccccc1OCCNc1cccc(Cl)c1Cl. The molecule has 0 saturated carbocycles. The van der Waals surface area contributed by atoms with Crippen molar-refractivity contribution in [3.63, 3.8) is 0 Å². The Kier molecular flexibility index (Phi) is 6.41. The third kappa shape index (κ3) is 4.31. The fraction of sp³-hybridized carbons (Fsp3) is 0.333. The lowest BCUT2D eigenvalue weighted by Gasteiger charge is -2.16. The van der Waals surface area contributed by atoms with Crippen molar-refractivity contribution >= 4 is 28.9 Å². The van der Waals surface area contributed by atoms with Crippen LogP contribution >= 0.6 is 23.2 Å². The minimum atomic E-state index is 0.492. The molecule has 2 nitrogen and oxygen atoms in total. The largest absolute Gasteiger partial charge is 0.491 e. The molecule has 0 fully saturated rings. The molecule has 0 bridgehead atoms. The Bertz CT molecular complexity index is 616. The van der Waals surface area contributed by atoms with Crippen molar-refractivity contribution in [3.05, 3.63) is 58.1 Å². The summed E-state index contributed by atoms with van der Waals surface area (Å²) in [5.41, 5.74) is 2.08. The van der Waals surface area contributed by atoms with Gasteiger partial charge in [0.1, 0.15) is 12.4 Å². The van der Waals surface area contributed by atoms with Gasteiger partial charge in [0.2, 0.25) is 0 Å². The van der Waals surface area contributed by atoms with Gasteiger partial charge in [-0.05, 0) is 36.1 Å². The average Bonchev–Trinajstić information content (AvgIpc) is 2.55. The molecule has 2 aromatic carbocycles. The van der Waals surface area contributed by atoms with Crippen LogP contribution < -0.4 is 10.1 Å². The Labute approximate surface area is 142 Å². The van der Waals surface area contributed by atoms with Gasteiger partial charge in [0.25, 0.3) is 0 Å². The highest BCUT2D eigenvalue weighted by atomic mass is 35.5. The quantitative estimate of drug-likeness (QED) is 0.625. The standard InChI is InChI=1S/C18H21Cl2NO/c1-3-13(2)14-7-4-5-10-17(14)22-12-11-21-16-9-6-8-15(19)18(16)20/h4-10,13,21H,3,11-12H2,1-2H3. The Balaban J connectivity index is 1.91. The molecule has 0 radical (unpaired) electrons. The molecule has 0 aromatic heterocycles. The summed E-state index contributed by atoms with van der Waals surface area (Å²) in [5.74, 6) is 1.45. The minimum absolute atomic E-state index is 0.492. The zero-order chi connectivity index (χ0) is 15.9. The van der Waals surface area contributed by atoms with E-state index in [1.807, 2.05) is 24.3 Å². The molecule has 4 heteroatoms. The number of nitrogens with one attached hydrogen (secondary N) is 1. The molecule has 0 heterocycles. The van der Waals surface area contributed by atoms with Crippen LogP contribution in [0.5, 0.6) is 5.75 Å². The highest BCUT2D eigenvalue weighted by Gasteiger charge is 2.09. The first-order valence-electron chi connectivity index (χ1n) is 7.53. The number of rotatable bonds is 7. The van der Waals surface area contributed by atoms with Crippen LogP contribution in [0.1, 0.15) is 31.7 Å². The molecule has 2 aromatic rings. The van der Waals surface area contributed by atoms with Gasteiger partial charge in [-0.25, -0.2) is 0 Å². The molecule has 1 N–H and O–H groups in total. The van der Waals surface area contributed by atoms with Crippen LogP contribution in [0.25, 0.3) is 0 Å². The van der Waals surface area contributed by atoms with Gasteiger partial charge >= 0.3 is 0 Å². The number of hydrogen-bond donors (Lipinski definition) is 1. The molecule has 0 spiro atoms. The first-order chi connectivity index (χ1) is 10.6. The molecule has 0 aliphatic rings. The highest BCUT2D eigenvalue weighted by Crippen LogP contribution is 2.30. The van der Waals surface area contributed by atoms with Gasteiger partial charge in [-0.1, -0.05) is 61.3 Å². The summed E-state index contributed by atoms with van der Waals surface area (Å²) in [6, 6.07) is 13.8. The van der Waals surface area contributed by atoms with E-state index >= 15 is 0 Å². The number of benzene rings is 2. The minimum Gasteiger partial charge on any atom is -0.491 e. The van der Waals surface area contributed by atoms with E-state index in [1.165, 1.54) is 5.56 Å². The second kappa shape index (κ2) is 8.30. The summed E-state index contributed by atoms with van der Waals surface area (Å²) < 4.78 is 5.91. The van der Waals surface area contributed by atoms with E-state index in [2.05, 4.69) is 31.3 Å². The zero-order valence-electron chi connectivity index (χ0n) is 12.9. The van der Waals surface area contributed by atoms with Gasteiger partial charge in [0, 0.05) is 6.54 Å². The third-order valence-electron chi connectivity index (χ3n) is 3.69. The van der Waals surface area contributed by atoms with Crippen LogP contribution in [0, 0.1) is 0 Å². The van der Waals surface area contributed by atoms with E-state index in [4.69, 9.17) is 27.9 Å². The summed E-state index contributed by atoms with van der Waals surface area (Å²) in [7, 11) is 0. The first kappa shape index (κ1) is 17.0. The van der Waals surface area contributed by atoms with Crippen molar-refractivity contribution in [3.8, 4) is 5.75 Å². The van der Waals surface area contributed by atoms with E-state index in [9.17, 15) is 0 Å². The van der Waals surface area contributed by atoms with E-state index in [0.29, 0.717) is 29.1 Å². The molecule has 1 unspecified atom stereocenters. The fourth-order valence-electron chi connectivity index (χ4n) is 2.23. The number of halogens is 2. The monoisotopic (exact) mass is 337 g/mol. The van der Waals surface area contributed by atoms with Crippen molar-refractivity contribution in [2.24, 2.45) is 0 Å². The lowest BCUT2D eigenvalue weighted by atomic mass is 9.98. The lowest BCUT2D eigenvalue weighted by molar-refractivity contribution is 0.327. The maximum Gasteiger partial charge on any atom is 0.122 e. The normalized spacial score (nSPS) is 12.0. The predicted molar refractivity (Wildman–Crippen MR) is 95.6 cm³/mol. The third-order valence-corrected chi connectivity index (χ3v) is 4.51. The molecule has 22 heavy (non-hydrogen) atoms. The van der Waals surface area contributed by atoms with Crippen molar-refractivity contribution in [1.82, 2.24) is 0 Å². The van der Waals surface area contributed by atoms with Crippen LogP contribution in [-0.2, 0) is 0 Å². The molecule has 1 atom stereocenters. The summed E-state index contributed by atoms with van der Waals surface area (Å²) in [6.07, 6.45) is 1.09. The molecule has 118 valence electrons. The Hall–Kier alpha value is -1.38. The molecular formula is C18H21Cl2NO. The maximum atomic E-state index is 6.14. The summed E-state index contributed by atoms with van der Waals surface area (Å²) in [6.45, 7) is 5.63. The summed E-state index contributed by atoms with van der Waals surface area (Å²) in [4.78, 5) is 0. The van der Waals surface area contributed by atoms with E-state index in [-0.39, 0.29) is 0 Å². The van der Waals surface area contributed by atoms with Crippen LogP contribution in [0.3, 0.4) is 0 Å². The Morgan fingerprint density at radius 1 is 1.09 bits per heavy atom. The number of para-hydroxylation sites is 1. The van der Waals surface area contributed by atoms with Gasteiger partial charge in [0.15, 0.2) is 0 Å². The molecule has 0 saturated heterocycles. The fourth-order valence-corrected chi connectivity index (χ4v) is 2.59. The lowest BCUT2D eigenvalue weighted by Crippen LogP contribution is -2.12. The highest BCUT2D eigenvalue weighted by molar-refractivity contribution is 6.43. The Morgan fingerprint density at radius 3 is 2.64 bits per heavy atom. The van der Waals surface area contributed by atoms with Gasteiger partial charge in [0.05, 0.1) is 15.7 Å². The van der Waals surface area contributed by atoms with Gasteiger partial charge in [-0.2, -0.15) is 0 Å². The Morgan fingerprint density at radius 2 is 1.86 bits per heavy atom. The predicted octanol–water partition coefficient (Wildman–Crippen LogP) is 6.00. The number of hydrogen-bond acceptors (Lipinski definition) is 2. The maximum absolute atomic E-state index is 6.14. The smallest absolute Gasteiger partial charge is 0.122 e. The summed E-state index contributed by atoms with van der Waals surface area (Å²) in [5, 5.41) is 4.34. The summed E-state index contributed by atoms with van der Waals surface area (Å²) >= 11 is 12.1. The van der Waals surface area contributed by atoms with Crippen molar-refractivity contribution in [2.45, 2.75) is 26.2 Å². The molecular weight excluding hydrogens is 317 g/mol. The second-order valence-corrected chi connectivity index (χ2v) is 6.01. The van der Waals surface area contributed by atoms with E-state index < -0.39 is 0 Å². The van der Waals surface area contributed by atoms with Crippen molar-refractivity contribution < 1.29 is 4.74 Å². The molecule has 0 aliphatic carbocycles. The van der Waals surface area contributed by atoms with Crippen molar-refractivity contribution in [2.75, 3.05) is 18.5 Å². The number of anilines is 1. The molecule has 0 aliphatic heterocycles. The number of ether oxygens (including phenoxy) is 1. The molecule has 0 amide bonds. The van der Waals surface area contributed by atoms with Crippen LogP contribution in [-0.4, -0.2) is 13.2 Å². The van der Waals surface area contributed by atoms with Crippen molar-refractivity contribution in [1.29, 1.82) is 0 Å². The van der Waals surface area contributed by atoms with E-state index in [1.54, 1.807) is 6.07 Å². The van der Waals surface area contributed by atoms with Gasteiger partial charge in [-0.15, -0.1) is 0 Å². The van der Waals surface area contributed by atoms with Crippen LogP contribution in [0.15, 0.2) is 42.5 Å². The average molecular weight is 338 g/mol. The topological polar surface area (TPSA) is 21.3 Å². The van der Waals surface area contributed by atoms with Crippen LogP contribution in [0.4, 0.5) is 5.69 Å². The zero-order valence-corrected chi connectivity index (χ0v) is 14.4. The van der Waals surface area contributed by atoms with E-state index in [0.717, 1.165) is 17.9 Å². The molecule has 2 rings (SSSR count). The van der Waals surface area contributed by atoms with Crippen LogP contribution in [0.2, 0.25) is 10.0 Å².